The first-order valence-electron chi connectivity index (χ1n) is 8.56. The second-order valence-corrected chi connectivity index (χ2v) is 8.27. The van der Waals surface area contributed by atoms with Gasteiger partial charge in [0.1, 0.15) is 11.8 Å². The molecule has 1 unspecified atom stereocenters. The van der Waals surface area contributed by atoms with E-state index in [1.54, 1.807) is 12.1 Å². The first-order valence-corrected chi connectivity index (χ1v) is 10.4. The van der Waals surface area contributed by atoms with E-state index in [9.17, 15) is 13.2 Å². The van der Waals surface area contributed by atoms with Crippen molar-refractivity contribution in [2.45, 2.75) is 23.9 Å². The number of carbonyl (C=O) groups is 1. The van der Waals surface area contributed by atoms with Gasteiger partial charge in [-0.05, 0) is 48.4 Å². The molecule has 2 aromatic carbocycles. The van der Waals surface area contributed by atoms with Crippen LogP contribution < -0.4 is 10.0 Å². The van der Waals surface area contributed by atoms with Crippen molar-refractivity contribution in [1.29, 1.82) is 0 Å². The minimum atomic E-state index is -3.91. The third-order valence-corrected chi connectivity index (χ3v) is 5.78. The predicted octanol–water partition coefficient (Wildman–Crippen LogP) is 3.14. The summed E-state index contributed by atoms with van der Waals surface area (Å²) in [5, 5.41) is 3.13. The van der Waals surface area contributed by atoms with E-state index in [1.165, 1.54) is 30.5 Å². The number of benzene rings is 2. The van der Waals surface area contributed by atoms with Crippen molar-refractivity contribution in [3.05, 3.63) is 89.3 Å². The molecule has 3 aromatic rings. The summed E-state index contributed by atoms with van der Waals surface area (Å²) in [5.41, 5.74) is 0.833. The Balaban J connectivity index is 1.78. The van der Waals surface area contributed by atoms with Crippen molar-refractivity contribution in [3.8, 4) is 0 Å². The molecule has 146 valence electrons. The third-order valence-electron chi connectivity index (χ3n) is 4.04. The Kier molecular flexibility index (Phi) is 6.51. The standard InChI is InChI=1S/C20H19ClN2O4S/c21-16-8-10-18(11-9-16)28(25,26)23-19(13-15-5-2-1-3-6-15)20(24)22-14-17-7-4-12-27-17/h1-12,19,23H,13-14H2,(H,22,24). The molecular formula is C20H19ClN2O4S. The Morgan fingerprint density at radius 2 is 1.71 bits per heavy atom. The molecule has 6 nitrogen and oxygen atoms in total. The average molecular weight is 419 g/mol. The summed E-state index contributed by atoms with van der Waals surface area (Å²) in [7, 11) is -3.91. The summed E-state index contributed by atoms with van der Waals surface area (Å²) >= 11 is 5.83. The molecule has 0 aliphatic carbocycles. The molecule has 0 spiro atoms. The Morgan fingerprint density at radius 3 is 2.36 bits per heavy atom. The molecule has 3 rings (SSSR count). The molecule has 2 N–H and O–H groups in total. The fourth-order valence-electron chi connectivity index (χ4n) is 2.62. The summed E-state index contributed by atoms with van der Waals surface area (Å²) in [6.45, 7) is 0.166. The lowest BCUT2D eigenvalue weighted by Crippen LogP contribution is -2.47. The van der Waals surface area contributed by atoms with E-state index < -0.39 is 22.0 Å². The normalized spacial score (nSPS) is 12.5. The van der Waals surface area contributed by atoms with Gasteiger partial charge in [-0.1, -0.05) is 41.9 Å². The van der Waals surface area contributed by atoms with Gasteiger partial charge in [-0.25, -0.2) is 8.42 Å². The number of halogens is 1. The molecule has 0 radical (unpaired) electrons. The van der Waals surface area contributed by atoms with Gasteiger partial charge in [-0.2, -0.15) is 4.72 Å². The number of furan rings is 1. The molecule has 0 saturated carbocycles. The Morgan fingerprint density at radius 1 is 1.00 bits per heavy atom. The van der Waals surface area contributed by atoms with Crippen LogP contribution in [0.4, 0.5) is 0 Å². The third kappa shape index (κ3) is 5.45. The van der Waals surface area contributed by atoms with Gasteiger partial charge in [-0.3, -0.25) is 4.79 Å². The SMILES string of the molecule is O=C(NCc1ccco1)C(Cc1ccccc1)NS(=O)(=O)c1ccc(Cl)cc1. The maximum atomic E-state index is 12.7. The minimum absolute atomic E-state index is 0.0359. The topological polar surface area (TPSA) is 88.4 Å². The van der Waals surface area contributed by atoms with Gasteiger partial charge >= 0.3 is 0 Å². The molecule has 0 bridgehead atoms. The van der Waals surface area contributed by atoms with Crippen molar-refractivity contribution < 1.29 is 17.6 Å². The summed E-state index contributed by atoms with van der Waals surface area (Å²) in [6.07, 6.45) is 1.71. The summed E-state index contributed by atoms with van der Waals surface area (Å²) in [4.78, 5) is 12.7. The van der Waals surface area contributed by atoms with Crippen LogP contribution in [0.3, 0.4) is 0 Å². The molecule has 1 amide bonds. The first-order chi connectivity index (χ1) is 13.4. The average Bonchev–Trinajstić information content (AvgIpc) is 3.20. The van der Waals surface area contributed by atoms with Crippen molar-refractivity contribution in [1.82, 2.24) is 10.0 Å². The van der Waals surface area contributed by atoms with Crippen LogP contribution in [-0.4, -0.2) is 20.4 Å². The van der Waals surface area contributed by atoms with E-state index in [-0.39, 0.29) is 17.9 Å². The second kappa shape index (κ2) is 9.05. The number of carbonyl (C=O) groups excluding carboxylic acids is 1. The minimum Gasteiger partial charge on any atom is -0.467 e. The van der Waals surface area contributed by atoms with E-state index in [0.717, 1.165) is 5.56 Å². The van der Waals surface area contributed by atoms with Gasteiger partial charge in [0, 0.05) is 5.02 Å². The lowest BCUT2D eigenvalue weighted by Gasteiger charge is -2.18. The van der Waals surface area contributed by atoms with Crippen LogP contribution in [0.2, 0.25) is 5.02 Å². The number of nitrogens with one attached hydrogen (secondary N) is 2. The first kappa shape index (κ1) is 20.1. The quantitative estimate of drug-likeness (QED) is 0.588. The van der Waals surface area contributed by atoms with E-state index >= 15 is 0 Å². The van der Waals surface area contributed by atoms with E-state index in [4.69, 9.17) is 16.0 Å². The fourth-order valence-corrected chi connectivity index (χ4v) is 3.94. The lowest BCUT2D eigenvalue weighted by atomic mass is 10.1. The number of amides is 1. The molecule has 0 aliphatic rings. The van der Waals surface area contributed by atoms with E-state index in [2.05, 4.69) is 10.0 Å². The summed E-state index contributed by atoms with van der Waals surface area (Å²) < 4.78 is 33.1. The molecule has 1 heterocycles. The van der Waals surface area contributed by atoms with Crippen LogP contribution in [0.15, 0.2) is 82.3 Å². The zero-order chi connectivity index (χ0) is 20.0. The van der Waals surface area contributed by atoms with Crippen molar-refractivity contribution in [3.63, 3.8) is 0 Å². The maximum Gasteiger partial charge on any atom is 0.241 e. The number of hydrogen-bond donors (Lipinski definition) is 2. The van der Waals surface area contributed by atoms with Crippen molar-refractivity contribution >= 4 is 27.5 Å². The summed E-state index contributed by atoms with van der Waals surface area (Å²) in [5.74, 6) is 0.130. The highest BCUT2D eigenvalue weighted by atomic mass is 35.5. The highest BCUT2D eigenvalue weighted by molar-refractivity contribution is 7.89. The molecule has 1 atom stereocenters. The molecule has 8 heteroatoms. The molecule has 28 heavy (non-hydrogen) atoms. The smallest absolute Gasteiger partial charge is 0.241 e. The number of sulfonamides is 1. The van der Waals surface area contributed by atoms with Crippen LogP contribution in [0.1, 0.15) is 11.3 Å². The lowest BCUT2D eigenvalue weighted by molar-refractivity contribution is -0.122. The highest BCUT2D eigenvalue weighted by Gasteiger charge is 2.26. The van der Waals surface area contributed by atoms with Crippen LogP contribution >= 0.6 is 11.6 Å². The highest BCUT2D eigenvalue weighted by Crippen LogP contribution is 2.15. The van der Waals surface area contributed by atoms with Gasteiger partial charge in [0.15, 0.2) is 0 Å². The fraction of sp³-hybridized carbons (Fsp3) is 0.150. The molecule has 0 saturated heterocycles. The number of rotatable bonds is 8. The van der Waals surface area contributed by atoms with Crippen LogP contribution in [0.5, 0.6) is 0 Å². The van der Waals surface area contributed by atoms with Gasteiger partial charge in [0.05, 0.1) is 17.7 Å². The van der Waals surface area contributed by atoms with Crippen LogP contribution in [-0.2, 0) is 27.8 Å². The van der Waals surface area contributed by atoms with Gasteiger partial charge < -0.3 is 9.73 Å². The monoisotopic (exact) mass is 418 g/mol. The number of hydrogen-bond acceptors (Lipinski definition) is 4. The molecule has 0 fully saturated rings. The van der Waals surface area contributed by atoms with Crippen molar-refractivity contribution in [2.24, 2.45) is 0 Å². The Labute approximate surface area is 168 Å². The molecule has 1 aromatic heterocycles. The largest absolute Gasteiger partial charge is 0.467 e. The van der Waals surface area contributed by atoms with E-state index in [1.807, 2.05) is 30.3 Å². The predicted molar refractivity (Wildman–Crippen MR) is 106 cm³/mol. The maximum absolute atomic E-state index is 12.7. The van der Waals surface area contributed by atoms with Crippen molar-refractivity contribution in [2.75, 3.05) is 0 Å². The molecule has 0 aliphatic heterocycles. The van der Waals surface area contributed by atoms with Gasteiger partial charge in [0.25, 0.3) is 0 Å². The van der Waals surface area contributed by atoms with Gasteiger partial charge in [-0.15, -0.1) is 0 Å². The Bertz CT molecular complexity index is 1000. The summed E-state index contributed by atoms with van der Waals surface area (Å²) in [6, 6.07) is 17.4. The van der Waals surface area contributed by atoms with Crippen LogP contribution in [0.25, 0.3) is 0 Å². The Hall–Kier alpha value is -2.61. The van der Waals surface area contributed by atoms with Gasteiger partial charge in [0.2, 0.25) is 15.9 Å². The van der Waals surface area contributed by atoms with E-state index in [0.29, 0.717) is 10.8 Å². The zero-order valence-corrected chi connectivity index (χ0v) is 16.4. The second-order valence-electron chi connectivity index (χ2n) is 6.11. The molecular weight excluding hydrogens is 400 g/mol. The van der Waals surface area contributed by atoms with Crippen LogP contribution in [0, 0.1) is 0 Å². The zero-order valence-electron chi connectivity index (χ0n) is 14.8.